The van der Waals surface area contributed by atoms with Crippen LogP contribution in [-0.4, -0.2) is 17.9 Å². The first kappa shape index (κ1) is 11.1. The number of rotatable bonds is 2. The molecule has 0 aliphatic heterocycles. The van der Waals surface area contributed by atoms with Gasteiger partial charge in [-0.1, -0.05) is 28.1 Å². The van der Waals surface area contributed by atoms with E-state index in [-0.39, 0.29) is 12.0 Å². The first-order valence-corrected chi connectivity index (χ1v) is 5.88. The molecule has 3 heteroatoms. The van der Waals surface area contributed by atoms with Crippen molar-refractivity contribution in [2.24, 2.45) is 0 Å². The molecule has 1 aromatic carbocycles. The summed E-state index contributed by atoms with van der Waals surface area (Å²) in [5.74, 6) is 0. The minimum Gasteiger partial charge on any atom is -0.395 e. The van der Waals surface area contributed by atoms with E-state index < -0.39 is 6.17 Å². The van der Waals surface area contributed by atoms with Gasteiger partial charge in [0.1, 0.15) is 6.17 Å². The zero-order chi connectivity index (χ0) is 11.1. The molecule has 0 amide bonds. The fourth-order valence-electron chi connectivity index (χ4n) is 2.17. The van der Waals surface area contributed by atoms with E-state index in [2.05, 4.69) is 15.9 Å². The SMILES string of the molecule is Cc1ccc(C2(CO)CC(F)C2)cc1Br. The van der Waals surface area contributed by atoms with Crippen molar-refractivity contribution in [3.63, 3.8) is 0 Å². The van der Waals surface area contributed by atoms with Crippen LogP contribution in [0.1, 0.15) is 24.0 Å². The van der Waals surface area contributed by atoms with Gasteiger partial charge in [0.2, 0.25) is 0 Å². The Morgan fingerprint density at radius 2 is 2.20 bits per heavy atom. The third-order valence-corrected chi connectivity index (χ3v) is 4.17. The maximum atomic E-state index is 12.9. The molecule has 0 unspecified atom stereocenters. The Labute approximate surface area is 97.4 Å². The Morgan fingerprint density at radius 3 is 2.67 bits per heavy atom. The van der Waals surface area contributed by atoms with Crippen LogP contribution in [0.3, 0.4) is 0 Å². The summed E-state index contributed by atoms with van der Waals surface area (Å²) in [6.07, 6.45) is 0.134. The number of aliphatic hydroxyl groups excluding tert-OH is 1. The van der Waals surface area contributed by atoms with Crippen LogP contribution in [0.2, 0.25) is 0 Å². The molecule has 1 nitrogen and oxygen atoms in total. The summed E-state index contributed by atoms with van der Waals surface area (Å²) in [6, 6.07) is 5.99. The van der Waals surface area contributed by atoms with Gasteiger partial charge in [-0.25, -0.2) is 4.39 Å². The molecule has 2 rings (SSSR count). The molecule has 0 atom stereocenters. The van der Waals surface area contributed by atoms with Crippen LogP contribution in [0.5, 0.6) is 0 Å². The van der Waals surface area contributed by atoms with Crippen molar-refractivity contribution in [3.05, 3.63) is 33.8 Å². The van der Waals surface area contributed by atoms with Gasteiger partial charge in [-0.3, -0.25) is 0 Å². The summed E-state index contributed by atoms with van der Waals surface area (Å²) in [5.41, 5.74) is 1.86. The standard InChI is InChI=1S/C12H14BrFO/c1-8-2-3-9(4-11(8)13)12(7-15)5-10(14)6-12/h2-4,10,15H,5-7H2,1H3. The molecule has 1 aliphatic carbocycles. The van der Waals surface area contributed by atoms with Gasteiger partial charge in [0, 0.05) is 9.89 Å². The highest BCUT2D eigenvalue weighted by Gasteiger charge is 2.45. The van der Waals surface area contributed by atoms with Crippen LogP contribution in [0, 0.1) is 6.92 Å². The number of hydrogen-bond donors (Lipinski definition) is 1. The maximum absolute atomic E-state index is 12.9. The number of halogens is 2. The van der Waals surface area contributed by atoms with Crippen molar-refractivity contribution >= 4 is 15.9 Å². The molecule has 1 aromatic rings. The van der Waals surface area contributed by atoms with Gasteiger partial charge in [-0.05, 0) is 37.0 Å². The Balaban J connectivity index is 2.32. The molecule has 0 bridgehead atoms. The minimum atomic E-state index is -0.753. The summed E-state index contributed by atoms with van der Waals surface area (Å²) in [6.45, 7) is 2.04. The number of benzene rings is 1. The summed E-state index contributed by atoms with van der Waals surface area (Å²) in [5, 5.41) is 9.39. The molecule has 82 valence electrons. The maximum Gasteiger partial charge on any atom is 0.102 e. The average Bonchev–Trinajstić information content (AvgIpc) is 2.17. The smallest absolute Gasteiger partial charge is 0.102 e. The molecule has 0 saturated heterocycles. The highest BCUT2D eigenvalue weighted by Crippen LogP contribution is 2.45. The van der Waals surface area contributed by atoms with E-state index in [1.807, 2.05) is 25.1 Å². The van der Waals surface area contributed by atoms with Gasteiger partial charge >= 0.3 is 0 Å². The lowest BCUT2D eigenvalue weighted by molar-refractivity contribution is 0.0410. The lowest BCUT2D eigenvalue weighted by Gasteiger charge is -2.43. The first-order valence-electron chi connectivity index (χ1n) is 5.09. The van der Waals surface area contributed by atoms with Gasteiger partial charge < -0.3 is 5.11 Å². The van der Waals surface area contributed by atoms with Gasteiger partial charge in [0.15, 0.2) is 0 Å². The van der Waals surface area contributed by atoms with Gasteiger partial charge in [-0.2, -0.15) is 0 Å². The van der Waals surface area contributed by atoms with E-state index in [9.17, 15) is 9.50 Å². The van der Waals surface area contributed by atoms with Crippen LogP contribution in [-0.2, 0) is 5.41 Å². The summed E-state index contributed by atoms with van der Waals surface area (Å²) in [4.78, 5) is 0. The van der Waals surface area contributed by atoms with Crippen LogP contribution in [0.4, 0.5) is 4.39 Å². The number of aryl methyl sites for hydroxylation is 1. The second-order valence-electron chi connectivity index (χ2n) is 4.41. The molecule has 1 N–H and O–H groups in total. The third kappa shape index (κ3) is 1.83. The zero-order valence-electron chi connectivity index (χ0n) is 8.63. The Kier molecular flexibility index (Phi) is 2.86. The minimum absolute atomic E-state index is 0.0307. The number of alkyl halides is 1. The molecular weight excluding hydrogens is 259 g/mol. The monoisotopic (exact) mass is 272 g/mol. The van der Waals surface area contributed by atoms with Crippen molar-refractivity contribution in [2.45, 2.75) is 31.4 Å². The first-order chi connectivity index (χ1) is 7.07. The summed E-state index contributed by atoms with van der Waals surface area (Å²) >= 11 is 3.46. The molecule has 1 fully saturated rings. The molecule has 0 heterocycles. The quantitative estimate of drug-likeness (QED) is 0.877. The fourth-order valence-corrected chi connectivity index (χ4v) is 2.55. The fraction of sp³-hybridized carbons (Fsp3) is 0.500. The summed E-state index contributed by atoms with van der Waals surface area (Å²) in [7, 11) is 0. The lowest BCUT2D eigenvalue weighted by atomic mass is 9.64. The van der Waals surface area contributed by atoms with Crippen molar-refractivity contribution in [2.75, 3.05) is 6.61 Å². The number of hydrogen-bond acceptors (Lipinski definition) is 1. The molecule has 15 heavy (non-hydrogen) atoms. The van der Waals surface area contributed by atoms with Gasteiger partial charge in [-0.15, -0.1) is 0 Å². The third-order valence-electron chi connectivity index (χ3n) is 3.31. The van der Waals surface area contributed by atoms with E-state index in [1.165, 1.54) is 0 Å². The Hall–Kier alpha value is -0.410. The van der Waals surface area contributed by atoms with E-state index in [1.54, 1.807) is 0 Å². The molecule has 1 saturated carbocycles. The Bertz CT molecular complexity index is 372. The van der Waals surface area contributed by atoms with Crippen LogP contribution >= 0.6 is 15.9 Å². The van der Waals surface area contributed by atoms with E-state index >= 15 is 0 Å². The van der Waals surface area contributed by atoms with E-state index in [4.69, 9.17) is 0 Å². The lowest BCUT2D eigenvalue weighted by Crippen LogP contribution is -2.45. The zero-order valence-corrected chi connectivity index (χ0v) is 10.2. The normalized spacial score (nSPS) is 30.0. The summed E-state index contributed by atoms with van der Waals surface area (Å²) < 4.78 is 14.0. The van der Waals surface area contributed by atoms with E-state index in [0.29, 0.717) is 12.8 Å². The van der Waals surface area contributed by atoms with E-state index in [0.717, 1.165) is 15.6 Å². The molecule has 1 aliphatic rings. The van der Waals surface area contributed by atoms with Crippen molar-refractivity contribution in [3.8, 4) is 0 Å². The molecule has 0 radical (unpaired) electrons. The number of aliphatic hydroxyl groups is 1. The molecular formula is C12H14BrFO. The van der Waals surface area contributed by atoms with Crippen LogP contribution in [0.25, 0.3) is 0 Å². The molecule has 0 spiro atoms. The van der Waals surface area contributed by atoms with Crippen molar-refractivity contribution < 1.29 is 9.50 Å². The van der Waals surface area contributed by atoms with Crippen molar-refractivity contribution in [1.82, 2.24) is 0 Å². The largest absolute Gasteiger partial charge is 0.395 e. The van der Waals surface area contributed by atoms with Crippen molar-refractivity contribution in [1.29, 1.82) is 0 Å². The average molecular weight is 273 g/mol. The highest BCUT2D eigenvalue weighted by molar-refractivity contribution is 9.10. The van der Waals surface area contributed by atoms with Crippen LogP contribution < -0.4 is 0 Å². The topological polar surface area (TPSA) is 20.2 Å². The van der Waals surface area contributed by atoms with Gasteiger partial charge in [0.25, 0.3) is 0 Å². The second kappa shape index (κ2) is 3.87. The Morgan fingerprint density at radius 1 is 1.53 bits per heavy atom. The predicted molar refractivity (Wildman–Crippen MR) is 61.8 cm³/mol. The van der Waals surface area contributed by atoms with Gasteiger partial charge in [0.05, 0.1) is 6.61 Å². The predicted octanol–water partition coefficient (Wildman–Crippen LogP) is 3.12. The molecule has 0 aromatic heterocycles. The van der Waals surface area contributed by atoms with Crippen LogP contribution in [0.15, 0.2) is 22.7 Å². The second-order valence-corrected chi connectivity index (χ2v) is 5.26. The highest BCUT2D eigenvalue weighted by atomic mass is 79.9.